The van der Waals surface area contributed by atoms with Crippen LogP contribution in [0.5, 0.6) is 0 Å². The predicted octanol–water partition coefficient (Wildman–Crippen LogP) is 3.46. The summed E-state index contributed by atoms with van der Waals surface area (Å²) in [6.07, 6.45) is 4.79. The lowest BCUT2D eigenvalue weighted by atomic mass is 9.88. The van der Waals surface area contributed by atoms with E-state index < -0.39 is 12.2 Å². The molecule has 0 spiro atoms. The number of benzene rings is 1. The Morgan fingerprint density at radius 3 is 2.84 bits per heavy atom. The number of amides is 3. The van der Waals surface area contributed by atoms with Crippen molar-refractivity contribution in [3.8, 4) is 0 Å². The molecular formula is C27H43FN4O5. The first-order valence-corrected chi connectivity index (χ1v) is 13.5. The van der Waals surface area contributed by atoms with Crippen molar-refractivity contribution in [2.45, 2.75) is 50.7 Å². The van der Waals surface area contributed by atoms with Crippen molar-refractivity contribution >= 4 is 12.1 Å². The number of ether oxygens (including phenoxy) is 3. The van der Waals surface area contributed by atoms with Gasteiger partial charge in [-0.2, -0.15) is 0 Å². The van der Waals surface area contributed by atoms with Gasteiger partial charge in [-0.3, -0.25) is 0 Å². The molecule has 3 rings (SSSR count). The van der Waals surface area contributed by atoms with Crippen molar-refractivity contribution in [1.82, 2.24) is 20.9 Å². The Morgan fingerprint density at radius 2 is 2.05 bits per heavy atom. The zero-order valence-corrected chi connectivity index (χ0v) is 22.2. The summed E-state index contributed by atoms with van der Waals surface area (Å²) in [5, 5.41) is 9.02. The Labute approximate surface area is 219 Å². The molecule has 3 N–H and O–H groups in total. The number of nitrogens with one attached hydrogen (secondary N) is 3. The van der Waals surface area contributed by atoms with Crippen LogP contribution in [0.3, 0.4) is 0 Å². The Kier molecular flexibility index (Phi) is 12.4. The lowest BCUT2D eigenvalue weighted by molar-refractivity contribution is -0.0106. The Morgan fingerprint density at radius 1 is 1.22 bits per heavy atom. The molecule has 10 heteroatoms. The van der Waals surface area contributed by atoms with E-state index in [9.17, 15) is 14.0 Å². The fourth-order valence-electron chi connectivity index (χ4n) is 5.30. The topological polar surface area (TPSA) is 101 Å². The van der Waals surface area contributed by atoms with Gasteiger partial charge in [0.2, 0.25) is 0 Å². The molecule has 2 aliphatic heterocycles. The Balaban J connectivity index is 1.62. The number of likely N-dealkylation sites (tertiary alicyclic amines) is 1. The third-order valence-electron chi connectivity index (χ3n) is 7.14. The molecule has 0 aromatic heterocycles. The molecule has 1 aromatic rings. The number of nitrogens with zero attached hydrogens (tertiary/aromatic N) is 1. The summed E-state index contributed by atoms with van der Waals surface area (Å²) in [4.78, 5) is 26.5. The second-order valence-electron chi connectivity index (χ2n) is 9.96. The van der Waals surface area contributed by atoms with Gasteiger partial charge in [0.05, 0.1) is 19.8 Å². The van der Waals surface area contributed by atoms with E-state index in [-0.39, 0.29) is 37.0 Å². The highest BCUT2D eigenvalue weighted by atomic mass is 19.1. The van der Waals surface area contributed by atoms with Crippen LogP contribution in [-0.4, -0.2) is 83.2 Å². The monoisotopic (exact) mass is 522 g/mol. The minimum absolute atomic E-state index is 0.00703. The van der Waals surface area contributed by atoms with Gasteiger partial charge in [-0.1, -0.05) is 24.6 Å². The van der Waals surface area contributed by atoms with E-state index in [1.165, 1.54) is 13.2 Å². The molecule has 0 bridgehead atoms. The maximum Gasteiger partial charge on any atom is 0.406 e. The van der Waals surface area contributed by atoms with Crippen molar-refractivity contribution < 1.29 is 28.2 Å². The number of methoxy groups -OCH3 is 1. The number of halogens is 1. The molecule has 1 unspecified atom stereocenters. The molecule has 2 saturated heterocycles. The number of rotatable bonds is 11. The van der Waals surface area contributed by atoms with E-state index in [1.54, 1.807) is 18.2 Å². The second-order valence-corrected chi connectivity index (χ2v) is 9.96. The average molecular weight is 523 g/mol. The molecule has 0 radical (unpaired) electrons. The van der Waals surface area contributed by atoms with Gasteiger partial charge in [0.1, 0.15) is 5.82 Å². The molecule has 4 atom stereocenters. The number of likely N-dealkylation sites (N-methyl/N-ethyl adjacent to an activating group) is 1. The summed E-state index contributed by atoms with van der Waals surface area (Å²) in [5.74, 6) is 0.0231. The van der Waals surface area contributed by atoms with Gasteiger partial charge in [-0.05, 0) is 51.1 Å². The van der Waals surface area contributed by atoms with Crippen molar-refractivity contribution in [2.75, 3.05) is 60.2 Å². The van der Waals surface area contributed by atoms with Crippen LogP contribution < -0.4 is 16.0 Å². The molecule has 9 nitrogen and oxygen atoms in total. The van der Waals surface area contributed by atoms with Gasteiger partial charge in [0.15, 0.2) is 0 Å². The predicted molar refractivity (Wildman–Crippen MR) is 139 cm³/mol. The standard InChI is InChI=1S/C27H43FN4O5/c1-29-17-22(16-20-8-5-6-14-36-19-20)31-26(33)32-13-7-9-21(18-32)25(23-10-3-4-11-24(23)28)37-15-12-30-27(34)35-2/h3-4,10-11,20-22,25,29H,5-9,12-19H2,1-2H3,(H,30,34)(H,31,33)/t20-,21-,22+,25?/m1/s1. The molecule has 2 fully saturated rings. The van der Waals surface area contributed by atoms with E-state index in [4.69, 9.17) is 9.47 Å². The normalized spacial score (nSPS) is 22.0. The van der Waals surface area contributed by atoms with Crippen LogP contribution in [0.4, 0.5) is 14.0 Å². The molecule has 208 valence electrons. The summed E-state index contributed by atoms with van der Waals surface area (Å²) in [7, 11) is 3.19. The van der Waals surface area contributed by atoms with Gasteiger partial charge in [0.25, 0.3) is 0 Å². The molecule has 2 heterocycles. The number of carbonyl (C=O) groups is 2. The molecule has 3 amide bonds. The van der Waals surface area contributed by atoms with E-state index in [2.05, 4.69) is 20.7 Å². The van der Waals surface area contributed by atoms with Crippen LogP contribution in [0.25, 0.3) is 0 Å². The van der Waals surface area contributed by atoms with E-state index in [0.717, 1.165) is 51.7 Å². The van der Waals surface area contributed by atoms with Crippen LogP contribution in [0.1, 0.15) is 50.2 Å². The fraction of sp³-hybridized carbons (Fsp3) is 0.704. The summed E-state index contributed by atoms with van der Waals surface area (Å²) in [5.41, 5.74) is 0.467. The summed E-state index contributed by atoms with van der Waals surface area (Å²) in [6.45, 7) is 3.81. The number of urea groups is 1. The highest BCUT2D eigenvalue weighted by Gasteiger charge is 2.33. The van der Waals surface area contributed by atoms with Crippen molar-refractivity contribution in [3.05, 3.63) is 35.6 Å². The van der Waals surface area contributed by atoms with Crippen LogP contribution >= 0.6 is 0 Å². The lowest BCUT2D eigenvalue weighted by Crippen LogP contribution is -2.52. The molecule has 1 aromatic carbocycles. The number of piperidine rings is 1. The minimum Gasteiger partial charge on any atom is -0.453 e. The third kappa shape index (κ3) is 9.43. The molecule has 0 saturated carbocycles. The van der Waals surface area contributed by atoms with Crippen LogP contribution in [0, 0.1) is 17.7 Å². The largest absolute Gasteiger partial charge is 0.453 e. The van der Waals surface area contributed by atoms with Crippen molar-refractivity contribution in [1.29, 1.82) is 0 Å². The smallest absolute Gasteiger partial charge is 0.406 e. The summed E-state index contributed by atoms with van der Waals surface area (Å²) < 4.78 is 31.2. The average Bonchev–Trinajstić information content (AvgIpc) is 3.18. The number of alkyl carbamates (subject to hydrolysis) is 1. The summed E-state index contributed by atoms with van der Waals surface area (Å²) >= 11 is 0. The van der Waals surface area contributed by atoms with Crippen LogP contribution in [-0.2, 0) is 14.2 Å². The van der Waals surface area contributed by atoms with Crippen molar-refractivity contribution in [2.24, 2.45) is 11.8 Å². The maximum atomic E-state index is 14.8. The molecule has 37 heavy (non-hydrogen) atoms. The summed E-state index contributed by atoms with van der Waals surface area (Å²) in [6, 6.07) is 6.49. The molecule has 2 aliphatic rings. The quantitative estimate of drug-likeness (QED) is 0.385. The van der Waals surface area contributed by atoms with Gasteiger partial charge < -0.3 is 35.1 Å². The van der Waals surface area contributed by atoms with Gasteiger partial charge in [-0.15, -0.1) is 0 Å². The number of carbonyl (C=O) groups excluding carboxylic acids is 2. The van der Waals surface area contributed by atoms with Gasteiger partial charge >= 0.3 is 12.1 Å². The lowest BCUT2D eigenvalue weighted by Gasteiger charge is -2.38. The number of hydrogen-bond acceptors (Lipinski definition) is 6. The number of hydrogen-bond donors (Lipinski definition) is 3. The highest BCUT2D eigenvalue weighted by Crippen LogP contribution is 2.34. The van der Waals surface area contributed by atoms with Crippen LogP contribution in [0.2, 0.25) is 0 Å². The maximum absolute atomic E-state index is 14.8. The van der Waals surface area contributed by atoms with Gasteiger partial charge in [-0.25, -0.2) is 14.0 Å². The molecular weight excluding hydrogens is 479 g/mol. The Hall–Kier alpha value is -2.43. The minimum atomic E-state index is -0.543. The first kappa shape index (κ1) is 29.1. The zero-order valence-electron chi connectivity index (χ0n) is 22.2. The van der Waals surface area contributed by atoms with E-state index >= 15 is 0 Å². The zero-order chi connectivity index (χ0) is 26.5. The first-order chi connectivity index (χ1) is 18.0. The second kappa shape index (κ2) is 15.7. The van der Waals surface area contributed by atoms with E-state index in [1.807, 2.05) is 11.9 Å². The van der Waals surface area contributed by atoms with Crippen molar-refractivity contribution in [3.63, 3.8) is 0 Å². The van der Waals surface area contributed by atoms with E-state index in [0.29, 0.717) is 31.1 Å². The fourth-order valence-corrected chi connectivity index (χ4v) is 5.30. The van der Waals surface area contributed by atoms with Gasteiger partial charge in [0, 0.05) is 56.9 Å². The highest BCUT2D eigenvalue weighted by molar-refractivity contribution is 5.74. The first-order valence-electron chi connectivity index (χ1n) is 13.5. The Bertz CT molecular complexity index is 837. The van der Waals surface area contributed by atoms with Crippen LogP contribution in [0.15, 0.2) is 24.3 Å². The molecule has 0 aliphatic carbocycles. The third-order valence-corrected chi connectivity index (χ3v) is 7.14. The SMILES string of the molecule is CNC[C@H](C[C@H]1CCCCOC1)NC(=O)N1CCC[C@@H](C(OCCNC(=O)OC)c2ccccc2F)C1.